The number of sulfonamides is 1. The maximum Gasteiger partial charge on any atom is 0.244 e. The SMILES string of the molecule is CS(=O)(=O)Nc1ccc(/C=C/C(=O)NCC2CCN(c3ccc(F)cc3)C2)cc1. The third-order valence-corrected chi connectivity index (χ3v) is 5.29. The van der Waals surface area contributed by atoms with Gasteiger partial charge in [-0.15, -0.1) is 0 Å². The molecule has 0 bridgehead atoms. The van der Waals surface area contributed by atoms with Crippen LogP contribution in [0.1, 0.15) is 12.0 Å². The second-order valence-corrected chi connectivity index (χ2v) is 8.90. The van der Waals surface area contributed by atoms with Crippen LogP contribution >= 0.6 is 0 Å². The first-order valence-electron chi connectivity index (χ1n) is 9.33. The van der Waals surface area contributed by atoms with Crippen LogP contribution in [0.2, 0.25) is 0 Å². The van der Waals surface area contributed by atoms with Crippen LogP contribution in [0.3, 0.4) is 0 Å². The van der Waals surface area contributed by atoms with Gasteiger partial charge < -0.3 is 10.2 Å². The van der Waals surface area contributed by atoms with Gasteiger partial charge in [-0.2, -0.15) is 0 Å². The van der Waals surface area contributed by atoms with E-state index in [0.29, 0.717) is 18.2 Å². The Morgan fingerprint density at radius 3 is 2.52 bits per heavy atom. The molecule has 0 aliphatic carbocycles. The van der Waals surface area contributed by atoms with Gasteiger partial charge in [0.25, 0.3) is 0 Å². The minimum atomic E-state index is -3.31. The molecule has 0 saturated carbocycles. The van der Waals surface area contributed by atoms with Gasteiger partial charge in [0.15, 0.2) is 0 Å². The number of carbonyl (C=O) groups is 1. The van der Waals surface area contributed by atoms with Crippen molar-refractivity contribution in [1.82, 2.24) is 5.32 Å². The molecule has 1 heterocycles. The summed E-state index contributed by atoms with van der Waals surface area (Å²) in [5.74, 6) is -0.0767. The number of nitrogens with one attached hydrogen (secondary N) is 2. The zero-order valence-electron chi connectivity index (χ0n) is 16.1. The number of hydrogen-bond donors (Lipinski definition) is 2. The fourth-order valence-corrected chi connectivity index (χ4v) is 3.80. The van der Waals surface area contributed by atoms with E-state index >= 15 is 0 Å². The topological polar surface area (TPSA) is 78.5 Å². The molecule has 2 aromatic rings. The van der Waals surface area contributed by atoms with E-state index in [0.717, 1.165) is 37.0 Å². The lowest BCUT2D eigenvalue weighted by atomic mass is 10.1. The average molecular weight is 418 g/mol. The molecule has 2 aromatic carbocycles. The first-order valence-corrected chi connectivity index (χ1v) is 11.2. The molecule has 154 valence electrons. The quantitative estimate of drug-likeness (QED) is 0.679. The standard InChI is InChI=1S/C21H24FN3O3S/c1-29(27,28)24-19-7-2-16(3-8-19)4-11-21(26)23-14-17-12-13-25(15-17)20-9-5-18(22)6-10-20/h2-11,17,24H,12-15H2,1H3,(H,23,26)/b11-4+. The van der Waals surface area contributed by atoms with Crippen LogP contribution in [-0.2, 0) is 14.8 Å². The largest absolute Gasteiger partial charge is 0.371 e. The highest BCUT2D eigenvalue weighted by Gasteiger charge is 2.22. The van der Waals surface area contributed by atoms with Crippen molar-refractivity contribution in [3.63, 3.8) is 0 Å². The lowest BCUT2D eigenvalue weighted by Gasteiger charge is -2.18. The Kier molecular flexibility index (Phi) is 6.53. The van der Waals surface area contributed by atoms with Crippen LogP contribution < -0.4 is 14.9 Å². The molecule has 0 spiro atoms. The van der Waals surface area contributed by atoms with Gasteiger partial charge in [-0.1, -0.05) is 12.1 Å². The number of benzene rings is 2. The lowest BCUT2D eigenvalue weighted by Crippen LogP contribution is -2.29. The number of hydrogen-bond acceptors (Lipinski definition) is 4. The molecule has 2 N–H and O–H groups in total. The molecule has 3 rings (SSSR count). The Morgan fingerprint density at radius 2 is 1.86 bits per heavy atom. The minimum absolute atomic E-state index is 0.177. The number of rotatable bonds is 7. The molecule has 8 heteroatoms. The number of amides is 1. The molecule has 1 aliphatic rings. The molecule has 1 saturated heterocycles. The Bertz CT molecular complexity index is 973. The molecular formula is C21H24FN3O3S. The highest BCUT2D eigenvalue weighted by Crippen LogP contribution is 2.23. The number of halogens is 1. The summed E-state index contributed by atoms with van der Waals surface area (Å²) >= 11 is 0. The zero-order chi connectivity index (χ0) is 20.9. The van der Waals surface area contributed by atoms with Crippen LogP contribution in [0.15, 0.2) is 54.6 Å². The van der Waals surface area contributed by atoms with Crippen molar-refractivity contribution in [2.75, 3.05) is 35.5 Å². The molecule has 1 amide bonds. The van der Waals surface area contributed by atoms with Gasteiger partial charge in [-0.25, -0.2) is 12.8 Å². The van der Waals surface area contributed by atoms with Crippen LogP contribution in [0.5, 0.6) is 0 Å². The van der Waals surface area contributed by atoms with Crippen molar-refractivity contribution in [1.29, 1.82) is 0 Å². The summed E-state index contributed by atoms with van der Waals surface area (Å²) in [6.45, 7) is 2.29. The van der Waals surface area contributed by atoms with Crippen molar-refractivity contribution in [2.45, 2.75) is 6.42 Å². The van der Waals surface area contributed by atoms with Gasteiger partial charge in [0, 0.05) is 37.1 Å². The first kappa shape index (κ1) is 20.9. The second-order valence-electron chi connectivity index (χ2n) is 7.15. The van der Waals surface area contributed by atoms with E-state index in [2.05, 4.69) is 14.9 Å². The molecule has 29 heavy (non-hydrogen) atoms. The Morgan fingerprint density at radius 1 is 1.17 bits per heavy atom. The fraction of sp³-hybridized carbons (Fsp3) is 0.286. The molecule has 6 nitrogen and oxygen atoms in total. The molecule has 1 fully saturated rings. The van der Waals surface area contributed by atoms with E-state index in [1.807, 2.05) is 0 Å². The van der Waals surface area contributed by atoms with Gasteiger partial charge in [0.2, 0.25) is 15.9 Å². The van der Waals surface area contributed by atoms with Crippen LogP contribution in [0.25, 0.3) is 6.08 Å². The van der Waals surface area contributed by atoms with Crippen molar-refractivity contribution in [2.24, 2.45) is 5.92 Å². The van der Waals surface area contributed by atoms with E-state index in [1.54, 1.807) is 42.5 Å². The smallest absolute Gasteiger partial charge is 0.244 e. The van der Waals surface area contributed by atoms with Crippen molar-refractivity contribution < 1.29 is 17.6 Å². The Balaban J connectivity index is 1.44. The van der Waals surface area contributed by atoms with Crippen LogP contribution in [0.4, 0.5) is 15.8 Å². The zero-order valence-corrected chi connectivity index (χ0v) is 17.0. The van der Waals surface area contributed by atoms with Gasteiger partial charge in [0.1, 0.15) is 5.82 Å². The van der Waals surface area contributed by atoms with Crippen molar-refractivity contribution in [3.05, 3.63) is 66.0 Å². The second kappa shape index (κ2) is 9.09. The summed E-state index contributed by atoms with van der Waals surface area (Å²) in [6.07, 6.45) is 5.20. The Labute approximate surface area is 170 Å². The van der Waals surface area contributed by atoms with E-state index in [-0.39, 0.29) is 11.7 Å². The van der Waals surface area contributed by atoms with Crippen molar-refractivity contribution >= 4 is 33.4 Å². The predicted molar refractivity (Wildman–Crippen MR) is 114 cm³/mol. The Hall–Kier alpha value is -2.87. The summed E-state index contributed by atoms with van der Waals surface area (Å²) in [5, 5.41) is 2.91. The van der Waals surface area contributed by atoms with Crippen LogP contribution in [-0.4, -0.2) is 40.2 Å². The van der Waals surface area contributed by atoms with E-state index in [1.165, 1.54) is 18.2 Å². The normalized spacial score (nSPS) is 16.9. The molecule has 1 aliphatic heterocycles. The maximum atomic E-state index is 13.0. The van der Waals surface area contributed by atoms with Crippen molar-refractivity contribution in [3.8, 4) is 0 Å². The van der Waals surface area contributed by atoms with E-state index < -0.39 is 10.0 Å². The highest BCUT2D eigenvalue weighted by atomic mass is 32.2. The van der Waals surface area contributed by atoms with Gasteiger partial charge in [-0.05, 0) is 60.4 Å². The molecule has 1 unspecified atom stereocenters. The highest BCUT2D eigenvalue weighted by molar-refractivity contribution is 7.92. The van der Waals surface area contributed by atoms with E-state index in [9.17, 15) is 17.6 Å². The monoisotopic (exact) mass is 417 g/mol. The summed E-state index contributed by atoms with van der Waals surface area (Å²) in [6, 6.07) is 13.2. The summed E-state index contributed by atoms with van der Waals surface area (Å²) in [7, 11) is -3.31. The van der Waals surface area contributed by atoms with Gasteiger partial charge >= 0.3 is 0 Å². The first-order chi connectivity index (χ1) is 13.8. The van der Waals surface area contributed by atoms with Gasteiger partial charge in [0.05, 0.1) is 6.26 Å². The van der Waals surface area contributed by atoms with E-state index in [4.69, 9.17) is 0 Å². The third kappa shape index (κ3) is 6.60. The number of nitrogens with zero attached hydrogens (tertiary/aromatic N) is 1. The fourth-order valence-electron chi connectivity index (χ4n) is 3.24. The summed E-state index contributed by atoms with van der Waals surface area (Å²) in [5.41, 5.74) is 2.26. The van der Waals surface area contributed by atoms with Crippen LogP contribution in [0, 0.1) is 11.7 Å². The summed E-state index contributed by atoms with van der Waals surface area (Å²) in [4.78, 5) is 14.3. The van der Waals surface area contributed by atoms with Gasteiger partial charge in [-0.3, -0.25) is 9.52 Å². The lowest BCUT2D eigenvalue weighted by molar-refractivity contribution is -0.116. The third-order valence-electron chi connectivity index (χ3n) is 4.68. The average Bonchev–Trinajstić information content (AvgIpc) is 3.14. The molecular weight excluding hydrogens is 393 g/mol. The maximum absolute atomic E-state index is 13.0. The minimum Gasteiger partial charge on any atom is -0.371 e. The summed E-state index contributed by atoms with van der Waals surface area (Å²) < 4.78 is 37.8. The number of carbonyl (C=O) groups excluding carboxylic acids is 1. The molecule has 1 atom stereocenters. The predicted octanol–water partition coefficient (Wildman–Crippen LogP) is 2.85. The number of anilines is 2. The molecule has 0 radical (unpaired) electrons. The molecule has 0 aromatic heterocycles.